The maximum absolute atomic E-state index is 9.03. The molecule has 4 heteroatoms. The van der Waals surface area contributed by atoms with Gasteiger partial charge >= 0.3 is 0 Å². The molecule has 1 unspecified atom stereocenters. The zero-order valence-corrected chi connectivity index (χ0v) is 7.32. The molecule has 1 aliphatic carbocycles. The normalized spacial score (nSPS) is 26.8. The van der Waals surface area contributed by atoms with Crippen molar-refractivity contribution < 1.29 is 19.7 Å². The summed E-state index contributed by atoms with van der Waals surface area (Å²) < 4.78 is 10.0. The van der Waals surface area contributed by atoms with Gasteiger partial charge in [0.1, 0.15) is 6.79 Å². The number of aliphatic hydroxyl groups excluding tert-OH is 2. The Hall–Kier alpha value is -0.160. The molecule has 0 aromatic rings. The van der Waals surface area contributed by atoms with E-state index in [1.54, 1.807) is 7.11 Å². The van der Waals surface area contributed by atoms with Crippen molar-refractivity contribution in [3.05, 3.63) is 0 Å². The summed E-state index contributed by atoms with van der Waals surface area (Å²) in [5.74, 6) is 0. The minimum Gasteiger partial charge on any atom is -0.396 e. The lowest BCUT2D eigenvalue weighted by atomic mass is 9.67. The van der Waals surface area contributed by atoms with Crippen LogP contribution in [0.2, 0.25) is 0 Å². The molecular formula is C8H16O4. The second kappa shape index (κ2) is 4.18. The predicted molar refractivity (Wildman–Crippen MR) is 42.6 cm³/mol. The number of rotatable bonds is 5. The summed E-state index contributed by atoms with van der Waals surface area (Å²) >= 11 is 0. The van der Waals surface area contributed by atoms with Crippen LogP contribution >= 0.6 is 0 Å². The molecule has 12 heavy (non-hydrogen) atoms. The number of aliphatic hydroxyl groups is 2. The number of ether oxygens (including phenoxy) is 2. The van der Waals surface area contributed by atoms with E-state index in [9.17, 15) is 0 Å². The summed E-state index contributed by atoms with van der Waals surface area (Å²) in [5, 5.41) is 18.1. The van der Waals surface area contributed by atoms with Crippen molar-refractivity contribution in [2.75, 3.05) is 27.1 Å². The van der Waals surface area contributed by atoms with Crippen LogP contribution in [0.1, 0.15) is 12.8 Å². The van der Waals surface area contributed by atoms with E-state index in [2.05, 4.69) is 0 Å². The Morgan fingerprint density at radius 1 is 1.42 bits per heavy atom. The number of hydrogen-bond donors (Lipinski definition) is 2. The molecule has 0 radical (unpaired) electrons. The van der Waals surface area contributed by atoms with Crippen molar-refractivity contribution in [3.63, 3.8) is 0 Å². The van der Waals surface area contributed by atoms with Crippen molar-refractivity contribution >= 4 is 0 Å². The molecule has 0 aromatic carbocycles. The third-order valence-corrected chi connectivity index (χ3v) is 2.60. The van der Waals surface area contributed by atoms with Gasteiger partial charge in [-0.2, -0.15) is 0 Å². The Morgan fingerprint density at radius 3 is 2.42 bits per heavy atom. The molecule has 0 aromatic heterocycles. The summed E-state index contributed by atoms with van der Waals surface area (Å²) in [6.45, 7) is 0.197. The predicted octanol–water partition coefficient (Wildman–Crippen LogP) is -0.260. The van der Waals surface area contributed by atoms with Gasteiger partial charge in [0.2, 0.25) is 0 Å². The molecule has 0 spiro atoms. The summed E-state index contributed by atoms with van der Waals surface area (Å²) in [5.41, 5.74) is -0.418. The highest BCUT2D eigenvalue weighted by molar-refractivity contribution is 4.96. The van der Waals surface area contributed by atoms with Crippen LogP contribution in [0.15, 0.2) is 0 Å². The Morgan fingerprint density at radius 2 is 2.08 bits per heavy atom. The van der Waals surface area contributed by atoms with Gasteiger partial charge in [0.25, 0.3) is 0 Å². The van der Waals surface area contributed by atoms with Gasteiger partial charge in [-0.1, -0.05) is 0 Å². The molecule has 0 bridgehead atoms. The van der Waals surface area contributed by atoms with E-state index >= 15 is 0 Å². The zero-order chi connectivity index (χ0) is 9.03. The fraction of sp³-hybridized carbons (Fsp3) is 1.00. The van der Waals surface area contributed by atoms with Crippen molar-refractivity contribution in [2.45, 2.75) is 18.9 Å². The molecule has 72 valence electrons. The number of hydrogen-bond acceptors (Lipinski definition) is 4. The first kappa shape index (κ1) is 9.92. The van der Waals surface area contributed by atoms with Crippen LogP contribution in [0.4, 0.5) is 0 Å². The largest absolute Gasteiger partial charge is 0.396 e. The van der Waals surface area contributed by atoms with Gasteiger partial charge in [-0.05, 0) is 12.8 Å². The van der Waals surface area contributed by atoms with Gasteiger partial charge in [0.15, 0.2) is 0 Å². The van der Waals surface area contributed by atoms with E-state index in [0.29, 0.717) is 0 Å². The van der Waals surface area contributed by atoms with Crippen molar-refractivity contribution in [1.82, 2.24) is 0 Å². The lowest BCUT2D eigenvalue weighted by Crippen LogP contribution is -2.52. The molecule has 4 nitrogen and oxygen atoms in total. The molecule has 1 rings (SSSR count). The van der Waals surface area contributed by atoms with E-state index < -0.39 is 5.41 Å². The average Bonchev–Trinajstić information content (AvgIpc) is 2.06. The maximum atomic E-state index is 9.03. The molecule has 0 amide bonds. The number of methoxy groups -OCH3 is 1. The summed E-state index contributed by atoms with van der Waals surface area (Å²) in [4.78, 5) is 0. The van der Waals surface area contributed by atoms with Crippen molar-refractivity contribution in [1.29, 1.82) is 0 Å². The Bertz CT molecular complexity index is 128. The van der Waals surface area contributed by atoms with Gasteiger partial charge in [0, 0.05) is 12.5 Å². The third-order valence-electron chi connectivity index (χ3n) is 2.60. The van der Waals surface area contributed by atoms with E-state index in [0.717, 1.165) is 12.8 Å². The first-order chi connectivity index (χ1) is 5.79. The smallest absolute Gasteiger partial charge is 0.146 e. The fourth-order valence-corrected chi connectivity index (χ4v) is 1.49. The molecule has 0 heterocycles. The molecule has 1 atom stereocenters. The summed E-state index contributed by atoms with van der Waals surface area (Å²) in [7, 11) is 1.55. The lowest BCUT2D eigenvalue weighted by Gasteiger charge is -2.46. The molecular weight excluding hydrogens is 160 g/mol. The van der Waals surface area contributed by atoms with Crippen LogP contribution in [0.5, 0.6) is 0 Å². The van der Waals surface area contributed by atoms with Crippen LogP contribution in [0.3, 0.4) is 0 Å². The molecule has 0 aliphatic heterocycles. The van der Waals surface area contributed by atoms with Crippen LogP contribution in [-0.4, -0.2) is 43.4 Å². The monoisotopic (exact) mass is 176 g/mol. The average molecular weight is 176 g/mol. The van der Waals surface area contributed by atoms with Crippen molar-refractivity contribution in [2.24, 2.45) is 5.41 Å². The fourth-order valence-electron chi connectivity index (χ4n) is 1.49. The second-order valence-corrected chi connectivity index (χ2v) is 3.28. The van der Waals surface area contributed by atoms with Crippen LogP contribution < -0.4 is 0 Å². The van der Waals surface area contributed by atoms with Crippen LogP contribution in [0, 0.1) is 5.41 Å². The first-order valence-electron chi connectivity index (χ1n) is 4.11. The SMILES string of the molecule is COCOC1CCC1(CO)CO. The Balaban J connectivity index is 2.34. The van der Waals surface area contributed by atoms with E-state index in [4.69, 9.17) is 19.7 Å². The van der Waals surface area contributed by atoms with Crippen LogP contribution in [-0.2, 0) is 9.47 Å². The minimum atomic E-state index is -0.418. The Kier molecular flexibility index (Phi) is 3.46. The van der Waals surface area contributed by atoms with Gasteiger partial charge in [-0.3, -0.25) is 0 Å². The van der Waals surface area contributed by atoms with Crippen molar-refractivity contribution in [3.8, 4) is 0 Å². The van der Waals surface area contributed by atoms with E-state index in [1.165, 1.54) is 0 Å². The first-order valence-corrected chi connectivity index (χ1v) is 4.11. The quantitative estimate of drug-likeness (QED) is 0.567. The topological polar surface area (TPSA) is 58.9 Å². The molecule has 1 fully saturated rings. The van der Waals surface area contributed by atoms with E-state index in [-0.39, 0.29) is 26.1 Å². The lowest BCUT2D eigenvalue weighted by molar-refractivity contribution is -0.190. The standard InChI is InChI=1S/C8H16O4/c1-11-6-12-7-2-3-8(7,4-9)5-10/h7,9-10H,2-6H2,1H3. The second-order valence-electron chi connectivity index (χ2n) is 3.28. The molecule has 0 saturated heterocycles. The highest BCUT2D eigenvalue weighted by atomic mass is 16.7. The van der Waals surface area contributed by atoms with Gasteiger partial charge in [-0.15, -0.1) is 0 Å². The highest BCUT2D eigenvalue weighted by Gasteiger charge is 2.46. The Labute approximate surface area is 72.1 Å². The zero-order valence-electron chi connectivity index (χ0n) is 7.32. The summed E-state index contributed by atoms with van der Waals surface area (Å²) in [6.07, 6.45) is 1.67. The molecule has 1 saturated carbocycles. The third kappa shape index (κ3) is 1.61. The van der Waals surface area contributed by atoms with Gasteiger partial charge in [-0.25, -0.2) is 0 Å². The highest BCUT2D eigenvalue weighted by Crippen LogP contribution is 2.42. The van der Waals surface area contributed by atoms with Crippen LogP contribution in [0.25, 0.3) is 0 Å². The molecule has 1 aliphatic rings. The van der Waals surface area contributed by atoms with Gasteiger partial charge < -0.3 is 19.7 Å². The van der Waals surface area contributed by atoms with E-state index in [1.807, 2.05) is 0 Å². The summed E-state index contributed by atoms with van der Waals surface area (Å²) in [6, 6.07) is 0. The minimum absolute atomic E-state index is 0.0160. The van der Waals surface area contributed by atoms with Gasteiger partial charge in [0.05, 0.1) is 19.3 Å². The maximum Gasteiger partial charge on any atom is 0.146 e. The molecule has 2 N–H and O–H groups in total.